The van der Waals surface area contributed by atoms with E-state index in [1.165, 1.54) is 12.8 Å². The summed E-state index contributed by atoms with van der Waals surface area (Å²) in [5.74, 6) is 0.258. The molecule has 24 heavy (non-hydrogen) atoms. The average Bonchev–Trinajstić information content (AvgIpc) is 3.19. The highest BCUT2D eigenvalue weighted by Gasteiger charge is 2.47. The van der Waals surface area contributed by atoms with Gasteiger partial charge in [0.1, 0.15) is 0 Å². The summed E-state index contributed by atoms with van der Waals surface area (Å²) in [7, 11) is 4.11. The first-order chi connectivity index (χ1) is 11.5. The molecular weight excluding hydrogens is 302 g/mol. The highest BCUT2D eigenvalue weighted by molar-refractivity contribution is 5.82. The van der Waals surface area contributed by atoms with Crippen LogP contribution in [-0.4, -0.2) is 77.1 Å². The van der Waals surface area contributed by atoms with E-state index >= 15 is 0 Å². The van der Waals surface area contributed by atoms with Crippen LogP contribution in [0.3, 0.4) is 0 Å². The van der Waals surface area contributed by atoms with E-state index in [1.807, 2.05) is 18.0 Å². The molecule has 2 aliphatic heterocycles. The van der Waals surface area contributed by atoms with Crippen molar-refractivity contribution < 1.29 is 4.79 Å². The molecule has 0 radical (unpaired) electrons. The molecule has 1 spiro atoms. The quantitative estimate of drug-likeness (QED) is 0.889. The van der Waals surface area contributed by atoms with Gasteiger partial charge in [0.05, 0.1) is 18.3 Å². The molecule has 1 aromatic heterocycles. The highest BCUT2D eigenvalue weighted by atomic mass is 16.2. The van der Waals surface area contributed by atoms with Gasteiger partial charge in [0.2, 0.25) is 5.91 Å². The van der Waals surface area contributed by atoms with Crippen LogP contribution < -0.4 is 0 Å². The summed E-state index contributed by atoms with van der Waals surface area (Å²) in [5.41, 5.74) is 1.33. The van der Waals surface area contributed by atoms with Crippen LogP contribution in [0.15, 0.2) is 12.3 Å². The lowest BCUT2D eigenvalue weighted by Crippen LogP contribution is -2.44. The van der Waals surface area contributed by atoms with Crippen molar-refractivity contribution in [3.05, 3.63) is 18.0 Å². The van der Waals surface area contributed by atoms with Gasteiger partial charge in [-0.05, 0) is 63.8 Å². The monoisotopic (exact) mass is 333 g/mol. The first-order valence-corrected chi connectivity index (χ1v) is 9.19. The number of carbonyl (C=O) groups is 1. The molecule has 0 aromatic carbocycles. The molecule has 134 valence electrons. The van der Waals surface area contributed by atoms with Crippen LogP contribution in [0.25, 0.3) is 0 Å². The summed E-state index contributed by atoms with van der Waals surface area (Å²) < 4.78 is 0. The number of nitrogens with zero attached hydrogens (tertiary/aromatic N) is 4. The van der Waals surface area contributed by atoms with Crippen molar-refractivity contribution >= 4 is 5.91 Å². The van der Waals surface area contributed by atoms with Gasteiger partial charge in [-0.25, -0.2) is 0 Å². The summed E-state index contributed by atoms with van der Waals surface area (Å²) in [6.07, 6.45) is 6.30. The SMILES string of the molecule is CCCN1CC2(CCN(C)CC2)CC1C(=O)N(C)Cc1ccn[nH]1. The third-order valence-electron chi connectivity index (χ3n) is 5.79. The van der Waals surface area contributed by atoms with Crippen LogP contribution in [0.2, 0.25) is 0 Å². The maximum Gasteiger partial charge on any atom is 0.240 e. The molecular formula is C18H31N5O. The fraction of sp³-hybridized carbons (Fsp3) is 0.778. The Kier molecular flexibility index (Phi) is 5.25. The normalized spacial score (nSPS) is 24.5. The van der Waals surface area contributed by atoms with Crippen LogP contribution in [-0.2, 0) is 11.3 Å². The predicted octanol–water partition coefficient (Wildman–Crippen LogP) is 1.56. The minimum Gasteiger partial charge on any atom is -0.339 e. The predicted molar refractivity (Wildman–Crippen MR) is 94.5 cm³/mol. The van der Waals surface area contributed by atoms with E-state index in [2.05, 4.69) is 34.0 Å². The lowest BCUT2D eigenvalue weighted by atomic mass is 9.76. The first kappa shape index (κ1) is 17.4. The molecule has 0 bridgehead atoms. The standard InChI is InChI=1S/C18H31N5O/c1-4-9-23-14-18(6-10-21(2)11-7-18)12-16(23)17(24)22(3)13-15-5-8-19-20-15/h5,8,16H,4,6-7,9-14H2,1-3H3,(H,19,20). The molecule has 0 saturated carbocycles. The van der Waals surface area contributed by atoms with Gasteiger partial charge in [0.15, 0.2) is 0 Å². The molecule has 1 aromatic rings. The van der Waals surface area contributed by atoms with Crippen LogP contribution >= 0.6 is 0 Å². The maximum absolute atomic E-state index is 13.1. The highest BCUT2D eigenvalue weighted by Crippen LogP contribution is 2.43. The summed E-state index contributed by atoms with van der Waals surface area (Å²) in [6.45, 7) is 7.23. The number of aromatic amines is 1. The average molecular weight is 333 g/mol. The smallest absolute Gasteiger partial charge is 0.240 e. The van der Waals surface area contributed by atoms with E-state index in [9.17, 15) is 4.79 Å². The van der Waals surface area contributed by atoms with E-state index in [-0.39, 0.29) is 11.9 Å². The van der Waals surface area contributed by atoms with Crippen LogP contribution in [0.5, 0.6) is 0 Å². The van der Waals surface area contributed by atoms with Crippen molar-refractivity contribution in [1.82, 2.24) is 24.9 Å². The zero-order chi connectivity index (χ0) is 17.2. The third kappa shape index (κ3) is 3.64. The second-order valence-electron chi connectivity index (χ2n) is 7.77. The second-order valence-corrected chi connectivity index (χ2v) is 7.77. The van der Waals surface area contributed by atoms with Crippen LogP contribution in [0, 0.1) is 5.41 Å². The Morgan fingerprint density at radius 1 is 1.46 bits per heavy atom. The van der Waals surface area contributed by atoms with Crippen molar-refractivity contribution in [2.75, 3.05) is 40.3 Å². The largest absolute Gasteiger partial charge is 0.339 e. The fourth-order valence-electron chi connectivity index (χ4n) is 4.33. The van der Waals surface area contributed by atoms with Gasteiger partial charge in [-0.1, -0.05) is 6.92 Å². The summed E-state index contributed by atoms with van der Waals surface area (Å²) in [5, 5.41) is 6.92. The number of aromatic nitrogens is 2. The van der Waals surface area contributed by atoms with Crippen LogP contribution in [0.1, 0.15) is 38.3 Å². The summed E-state index contributed by atoms with van der Waals surface area (Å²) >= 11 is 0. The van der Waals surface area contributed by atoms with Gasteiger partial charge in [0.25, 0.3) is 0 Å². The number of nitrogens with one attached hydrogen (secondary N) is 1. The van der Waals surface area contributed by atoms with Crippen molar-refractivity contribution in [2.24, 2.45) is 5.41 Å². The molecule has 1 atom stereocenters. The Hall–Kier alpha value is -1.40. The maximum atomic E-state index is 13.1. The molecule has 1 N–H and O–H groups in total. The Labute approximate surface area is 145 Å². The minimum absolute atomic E-state index is 0.0428. The first-order valence-electron chi connectivity index (χ1n) is 9.19. The second kappa shape index (κ2) is 7.23. The van der Waals surface area contributed by atoms with Crippen LogP contribution in [0.4, 0.5) is 0 Å². The van der Waals surface area contributed by atoms with Gasteiger partial charge in [-0.2, -0.15) is 5.10 Å². The Bertz CT molecular complexity index is 536. The van der Waals surface area contributed by atoms with E-state index in [0.717, 1.165) is 44.7 Å². The molecule has 6 heteroatoms. The van der Waals surface area contributed by atoms with E-state index < -0.39 is 0 Å². The van der Waals surface area contributed by atoms with Crippen molar-refractivity contribution in [3.8, 4) is 0 Å². The minimum atomic E-state index is 0.0428. The number of hydrogen-bond acceptors (Lipinski definition) is 4. The number of carbonyl (C=O) groups excluding carboxylic acids is 1. The zero-order valence-electron chi connectivity index (χ0n) is 15.3. The zero-order valence-corrected chi connectivity index (χ0v) is 15.3. The molecule has 1 unspecified atom stereocenters. The van der Waals surface area contributed by atoms with Crippen molar-refractivity contribution in [2.45, 2.75) is 45.2 Å². The molecule has 2 fully saturated rings. The fourth-order valence-corrected chi connectivity index (χ4v) is 4.33. The number of hydrogen-bond donors (Lipinski definition) is 1. The van der Waals surface area contributed by atoms with Gasteiger partial charge in [0, 0.05) is 19.8 Å². The van der Waals surface area contributed by atoms with Crippen molar-refractivity contribution in [1.29, 1.82) is 0 Å². The summed E-state index contributed by atoms with van der Waals surface area (Å²) in [6, 6.07) is 1.97. The summed E-state index contributed by atoms with van der Waals surface area (Å²) in [4.78, 5) is 19.8. The number of H-pyrrole nitrogens is 1. The Morgan fingerprint density at radius 3 is 2.83 bits per heavy atom. The number of likely N-dealkylation sites (tertiary alicyclic amines) is 2. The van der Waals surface area contributed by atoms with Gasteiger partial charge in [-0.15, -0.1) is 0 Å². The molecule has 3 rings (SSSR count). The Morgan fingerprint density at radius 2 is 2.21 bits per heavy atom. The topological polar surface area (TPSA) is 55.5 Å². The number of amides is 1. The van der Waals surface area contributed by atoms with Gasteiger partial charge >= 0.3 is 0 Å². The molecule has 6 nitrogen and oxygen atoms in total. The van der Waals surface area contributed by atoms with E-state index in [0.29, 0.717) is 12.0 Å². The number of piperidine rings is 1. The lowest BCUT2D eigenvalue weighted by molar-refractivity contribution is -0.135. The molecule has 2 saturated heterocycles. The molecule has 2 aliphatic rings. The third-order valence-corrected chi connectivity index (χ3v) is 5.79. The van der Waals surface area contributed by atoms with Crippen molar-refractivity contribution in [3.63, 3.8) is 0 Å². The molecule has 0 aliphatic carbocycles. The van der Waals surface area contributed by atoms with Gasteiger partial charge < -0.3 is 9.80 Å². The van der Waals surface area contributed by atoms with E-state index in [1.54, 1.807) is 6.20 Å². The van der Waals surface area contributed by atoms with E-state index in [4.69, 9.17) is 0 Å². The molecule has 3 heterocycles. The number of likely N-dealkylation sites (N-methyl/N-ethyl adjacent to an activating group) is 1. The molecule has 1 amide bonds. The lowest BCUT2D eigenvalue weighted by Gasteiger charge is -2.37. The Balaban J connectivity index is 1.68. The van der Waals surface area contributed by atoms with Gasteiger partial charge in [-0.3, -0.25) is 14.8 Å². The number of rotatable bonds is 5.